The van der Waals surface area contributed by atoms with Gasteiger partial charge in [0.05, 0.1) is 6.04 Å². The van der Waals surface area contributed by atoms with Crippen molar-refractivity contribution in [1.82, 2.24) is 9.80 Å². The minimum Gasteiger partial charge on any atom is -0.336 e. The Morgan fingerprint density at radius 3 is 2.29 bits per heavy atom. The molecule has 0 aliphatic carbocycles. The van der Waals surface area contributed by atoms with Crippen LogP contribution in [-0.2, 0) is 11.2 Å². The molecular weight excluding hydrogens is 350 g/mol. The van der Waals surface area contributed by atoms with Crippen LogP contribution >= 0.6 is 0 Å². The molecule has 0 spiro atoms. The molecule has 0 unspecified atom stereocenters. The molecule has 5 heteroatoms. The highest BCUT2D eigenvalue weighted by Crippen LogP contribution is 2.28. The molecule has 2 heterocycles. The van der Waals surface area contributed by atoms with E-state index in [-0.39, 0.29) is 17.9 Å². The van der Waals surface area contributed by atoms with Crippen LogP contribution in [0, 0.1) is 0 Å². The summed E-state index contributed by atoms with van der Waals surface area (Å²) in [6, 6.07) is 17.4. The van der Waals surface area contributed by atoms with Crippen LogP contribution in [0.15, 0.2) is 54.6 Å². The van der Waals surface area contributed by atoms with Crippen LogP contribution in [0.2, 0.25) is 0 Å². The number of aryl methyl sites for hydroxylation is 1. The smallest absolute Gasteiger partial charge is 0.253 e. The van der Waals surface area contributed by atoms with Gasteiger partial charge in [-0.1, -0.05) is 36.4 Å². The van der Waals surface area contributed by atoms with Gasteiger partial charge in [0.25, 0.3) is 5.91 Å². The molecule has 1 atom stereocenters. The van der Waals surface area contributed by atoms with E-state index in [4.69, 9.17) is 0 Å². The standard InChI is InChI=1S/C23H27N3O2/c1-18(22(27)26-13-7-11-19-8-5-6-12-21(19)26)24-14-16-25(17-15-24)23(28)20-9-3-2-4-10-20/h2-6,8-10,12,18H,7,11,13-17H2,1H3/t18-/m1/s1. The number of para-hydroxylation sites is 1. The number of hydrogen-bond donors (Lipinski definition) is 0. The number of anilines is 1. The first-order valence-electron chi connectivity index (χ1n) is 10.1. The molecule has 0 bridgehead atoms. The molecule has 2 aliphatic heterocycles. The molecule has 0 radical (unpaired) electrons. The average molecular weight is 377 g/mol. The zero-order chi connectivity index (χ0) is 19.5. The fourth-order valence-corrected chi connectivity index (χ4v) is 4.22. The quantitative estimate of drug-likeness (QED) is 0.826. The fourth-order valence-electron chi connectivity index (χ4n) is 4.22. The highest BCUT2D eigenvalue weighted by atomic mass is 16.2. The van der Waals surface area contributed by atoms with Crippen molar-refractivity contribution in [3.63, 3.8) is 0 Å². The summed E-state index contributed by atoms with van der Waals surface area (Å²) in [7, 11) is 0. The lowest BCUT2D eigenvalue weighted by Gasteiger charge is -2.40. The molecular formula is C23H27N3O2. The lowest BCUT2D eigenvalue weighted by Crippen LogP contribution is -2.56. The van der Waals surface area contributed by atoms with Gasteiger partial charge >= 0.3 is 0 Å². The third-order valence-electron chi connectivity index (χ3n) is 5.90. The molecule has 0 aromatic heterocycles. The van der Waals surface area contributed by atoms with Crippen LogP contribution in [0.5, 0.6) is 0 Å². The van der Waals surface area contributed by atoms with Gasteiger partial charge in [-0.2, -0.15) is 0 Å². The molecule has 28 heavy (non-hydrogen) atoms. The number of hydrogen-bond acceptors (Lipinski definition) is 3. The van der Waals surface area contributed by atoms with Crippen LogP contribution in [0.3, 0.4) is 0 Å². The Kier molecular flexibility index (Phi) is 5.44. The summed E-state index contributed by atoms with van der Waals surface area (Å²) in [6.07, 6.45) is 2.05. The van der Waals surface area contributed by atoms with Gasteiger partial charge in [0.15, 0.2) is 0 Å². The van der Waals surface area contributed by atoms with Gasteiger partial charge in [-0.3, -0.25) is 14.5 Å². The lowest BCUT2D eigenvalue weighted by atomic mass is 10.0. The normalized spacial score (nSPS) is 18.5. The molecule has 146 valence electrons. The second kappa shape index (κ2) is 8.15. The first-order valence-corrected chi connectivity index (χ1v) is 10.1. The molecule has 1 saturated heterocycles. The van der Waals surface area contributed by atoms with E-state index in [0.717, 1.165) is 43.7 Å². The van der Waals surface area contributed by atoms with Crippen molar-refractivity contribution >= 4 is 17.5 Å². The summed E-state index contributed by atoms with van der Waals surface area (Å²) in [4.78, 5) is 31.9. The molecule has 1 fully saturated rings. The first-order chi connectivity index (χ1) is 13.6. The highest BCUT2D eigenvalue weighted by Gasteiger charge is 2.32. The third kappa shape index (κ3) is 3.67. The Labute approximate surface area is 166 Å². The van der Waals surface area contributed by atoms with E-state index in [9.17, 15) is 9.59 Å². The third-order valence-corrected chi connectivity index (χ3v) is 5.90. The Morgan fingerprint density at radius 1 is 0.857 bits per heavy atom. The largest absolute Gasteiger partial charge is 0.336 e. The maximum absolute atomic E-state index is 13.2. The fraction of sp³-hybridized carbons (Fsp3) is 0.391. The van der Waals surface area contributed by atoms with E-state index in [2.05, 4.69) is 17.0 Å². The minimum atomic E-state index is -0.180. The number of benzene rings is 2. The number of piperazine rings is 1. The summed E-state index contributed by atoms with van der Waals surface area (Å²) >= 11 is 0. The maximum Gasteiger partial charge on any atom is 0.253 e. The van der Waals surface area contributed by atoms with Gasteiger partial charge in [0, 0.05) is 44.0 Å². The van der Waals surface area contributed by atoms with Gasteiger partial charge in [-0.15, -0.1) is 0 Å². The van der Waals surface area contributed by atoms with Gasteiger partial charge < -0.3 is 9.80 Å². The van der Waals surface area contributed by atoms with E-state index < -0.39 is 0 Å². The van der Waals surface area contributed by atoms with Crippen molar-refractivity contribution in [2.24, 2.45) is 0 Å². The van der Waals surface area contributed by atoms with Crippen LogP contribution < -0.4 is 4.90 Å². The summed E-state index contributed by atoms with van der Waals surface area (Å²) in [6.45, 7) is 5.53. The number of carbonyl (C=O) groups is 2. The number of nitrogens with zero attached hydrogens (tertiary/aromatic N) is 3. The van der Waals surface area contributed by atoms with Crippen molar-refractivity contribution < 1.29 is 9.59 Å². The van der Waals surface area contributed by atoms with E-state index >= 15 is 0 Å². The summed E-state index contributed by atoms with van der Waals surface area (Å²) in [5, 5.41) is 0. The van der Waals surface area contributed by atoms with Gasteiger partial charge in [0.2, 0.25) is 5.91 Å². The predicted octanol–water partition coefficient (Wildman–Crippen LogP) is 2.81. The zero-order valence-electron chi connectivity index (χ0n) is 16.4. The molecule has 0 saturated carbocycles. The van der Waals surface area contributed by atoms with Crippen LogP contribution in [0.1, 0.15) is 29.3 Å². The second-order valence-electron chi connectivity index (χ2n) is 7.59. The molecule has 4 rings (SSSR count). The Bertz CT molecular complexity index is 844. The van der Waals surface area contributed by atoms with Gasteiger partial charge in [-0.05, 0) is 43.5 Å². The monoisotopic (exact) mass is 377 g/mol. The Balaban J connectivity index is 1.39. The van der Waals surface area contributed by atoms with Crippen molar-refractivity contribution in [2.75, 3.05) is 37.6 Å². The Hall–Kier alpha value is -2.66. The molecule has 2 aromatic rings. The molecule has 2 aromatic carbocycles. The zero-order valence-corrected chi connectivity index (χ0v) is 16.4. The predicted molar refractivity (Wildman–Crippen MR) is 110 cm³/mol. The van der Waals surface area contributed by atoms with Crippen molar-refractivity contribution in [3.05, 3.63) is 65.7 Å². The topological polar surface area (TPSA) is 43.9 Å². The Morgan fingerprint density at radius 2 is 1.54 bits per heavy atom. The molecule has 2 amide bonds. The molecule has 0 N–H and O–H groups in total. The first kappa shape index (κ1) is 18.7. The van der Waals surface area contributed by atoms with Gasteiger partial charge in [-0.25, -0.2) is 0 Å². The second-order valence-corrected chi connectivity index (χ2v) is 7.59. The van der Waals surface area contributed by atoms with Crippen LogP contribution in [-0.4, -0.2) is 60.4 Å². The molecule has 2 aliphatic rings. The summed E-state index contributed by atoms with van der Waals surface area (Å²) in [5.41, 5.74) is 3.04. The van der Waals surface area contributed by atoms with Crippen molar-refractivity contribution in [2.45, 2.75) is 25.8 Å². The summed E-state index contributed by atoms with van der Waals surface area (Å²) < 4.78 is 0. The number of rotatable bonds is 3. The minimum absolute atomic E-state index is 0.0733. The molecule has 5 nitrogen and oxygen atoms in total. The van der Waals surface area contributed by atoms with Crippen LogP contribution in [0.4, 0.5) is 5.69 Å². The van der Waals surface area contributed by atoms with E-state index in [1.807, 2.05) is 59.2 Å². The number of carbonyl (C=O) groups excluding carboxylic acids is 2. The van der Waals surface area contributed by atoms with E-state index in [1.165, 1.54) is 5.56 Å². The lowest BCUT2D eigenvalue weighted by molar-refractivity contribution is -0.123. The highest BCUT2D eigenvalue weighted by molar-refractivity contribution is 5.98. The number of fused-ring (bicyclic) bond motifs is 1. The number of amides is 2. The van der Waals surface area contributed by atoms with Crippen molar-refractivity contribution in [3.8, 4) is 0 Å². The maximum atomic E-state index is 13.2. The SMILES string of the molecule is C[C@H](C(=O)N1CCCc2ccccc21)N1CCN(C(=O)c2ccccc2)CC1. The van der Waals surface area contributed by atoms with Crippen molar-refractivity contribution in [1.29, 1.82) is 0 Å². The van der Waals surface area contributed by atoms with Crippen LogP contribution in [0.25, 0.3) is 0 Å². The average Bonchev–Trinajstić information content (AvgIpc) is 2.78. The van der Waals surface area contributed by atoms with Gasteiger partial charge in [0.1, 0.15) is 0 Å². The van der Waals surface area contributed by atoms with E-state index in [1.54, 1.807) is 0 Å². The summed E-state index contributed by atoms with van der Waals surface area (Å²) in [5.74, 6) is 0.235. The van der Waals surface area contributed by atoms with E-state index in [0.29, 0.717) is 13.1 Å².